The Morgan fingerprint density at radius 1 is 0.956 bits per heavy atom. The molecule has 1 aromatic carbocycles. The highest BCUT2D eigenvalue weighted by Crippen LogP contribution is 2.67. The summed E-state index contributed by atoms with van der Waals surface area (Å²) in [6, 6.07) is 10.4. The van der Waals surface area contributed by atoms with Crippen LogP contribution in [0.4, 0.5) is 0 Å². The largest absolute Gasteiger partial charge is 0.352 e. The van der Waals surface area contributed by atoms with Gasteiger partial charge in [0, 0.05) is 12.7 Å². The highest BCUT2D eigenvalue weighted by Gasteiger charge is 2.58. The molecule has 6 atom stereocenters. The van der Waals surface area contributed by atoms with Crippen molar-refractivity contribution in [1.82, 2.24) is 14.1 Å². The Morgan fingerprint density at radius 3 is 2.56 bits per heavy atom. The molecule has 0 N–H and O–H groups in total. The minimum absolute atomic E-state index is 0.101. The molecule has 6 aliphatic rings. The first-order valence-corrected chi connectivity index (χ1v) is 18.1. The molecular formula is C40H53N3O2. The molecule has 0 bridgehead atoms. The molecule has 5 heteroatoms. The van der Waals surface area contributed by atoms with Crippen LogP contribution in [0.3, 0.4) is 0 Å². The van der Waals surface area contributed by atoms with Gasteiger partial charge in [0.2, 0.25) is 0 Å². The molecule has 2 aliphatic heterocycles. The number of nitrogens with zero attached hydrogens (tertiary/aromatic N) is 3. The average molecular weight is 608 g/mol. The third-order valence-electron chi connectivity index (χ3n) is 13.3. The summed E-state index contributed by atoms with van der Waals surface area (Å²) in [5.41, 5.74) is 6.36. The second kappa shape index (κ2) is 11.7. The van der Waals surface area contributed by atoms with Crippen LogP contribution in [0.25, 0.3) is 23.2 Å². The predicted molar refractivity (Wildman–Crippen MR) is 184 cm³/mol. The first kappa shape index (κ1) is 30.7. The molecule has 4 aliphatic carbocycles. The van der Waals surface area contributed by atoms with Gasteiger partial charge in [0.25, 0.3) is 5.56 Å². The fraction of sp³-hybridized carbons (Fsp3) is 0.625. The number of allylic oxidation sites excluding steroid dienone is 1. The molecule has 0 amide bonds. The zero-order valence-electron chi connectivity index (χ0n) is 28.3. The van der Waals surface area contributed by atoms with Crippen molar-refractivity contribution in [2.45, 2.75) is 118 Å². The summed E-state index contributed by atoms with van der Waals surface area (Å²) in [5, 5.41) is 0. The summed E-state index contributed by atoms with van der Waals surface area (Å²) >= 11 is 0. The van der Waals surface area contributed by atoms with E-state index in [1.165, 1.54) is 82.6 Å². The minimum Gasteiger partial charge on any atom is -0.294 e. The number of hydrogen-bond donors (Lipinski definition) is 0. The lowest BCUT2D eigenvalue weighted by molar-refractivity contribution is -0.0478. The van der Waals surface area contributed by atoms with Crippen LogP contribution in [-0.2, 0) is 13.5 Å². The molecule has 0 saturated heterocycles. The molecule has 3 fully saturated rings. The van der Waals surface area contributed by atoms with Crippen molar-refractivity contribution in [2.24, 2.45) is 41.5 Å². The third-order valence-corrected chi connectivity index (χ3v) is 13.3. The second-order valence-corrected chi connectivity index (χ2v) is 15.8. The molecular weight excluding hydrogens is 554 g/mol. The van der Waals surface area contributed by atoms with Gasteiger partial charge in [0.05, 0.1) is 11.3 Å². The van der Waals surface area contributed by atoms with Crippen molar-refractivity contribution >= 4 is 6.08 Å². The van der Waals surface area contributed by atoms with Gasteiger partial charge in [0.1, 0.15) is 0 Å². The number of pyridine rings is 1. The predicted octanol–water partition coefficient (Wildman–Crippen LogP) is 8.89. The fourth-order valence-electron chi connectivity index (χ4n) is 10.8. The average Bonchev–Trinajstić information content (AvgIpc) is 3.36. The number of hydrogen-bond acceptors (Lipinski definition) is 3. The van der Waals surface area contributed by atoms with E-state index in [1.54, 1.807) is 12.6 Å². The van der Waals surface area contributed by atoms with E-state index in [4.69, 9.17) is 0 Å². The summed E-state index contributed by atoms with van der Waals surface area (Å²) in [4.78, 5) is 30.8. The van der Waals surface area contributed by atoms with Crippen molar-refractivity contribution < 1.29 is 0 Å². The van der Waals surface area contributed by atoms with Crippen LogP contribution in [-0.4, -0.2) is 14.1 Å². The van der Waals surface area contributed by atoms with Crippen LogP contribution in [0.2, 0.25) is 0 Å². The maximum absolute atomic E-state index is 13.5. The molecule has 0 aromatic heterocycles. The first-order chi connectivity index (χ1) is 21.7. The number of aromatic nitrogens is 3. The summed E-state index contributed by atoms with van der Waals surface area (Å²) in [5.74, 6) is 3.70. The molecule has 240 valence electrons. The zero-order valence-corrected chi connectivity index (χ0v) is 28.3. The van der Waals surface area contributed by atoms with Crippen molar-refractivity contribution in [2.75, 3.05) is 0 Å². The number of fused-ring (bicyclic) bond motifs is 7. The summed E-state index contributed by atoms with van der Waals surface area (Å²) < 4.78 is 3.25. The molecule has 2 heterocycles. The Bertz CT molecular complexity index is 1710. The van der Waals surface area contributed by atoms with Gasteiger partial charge >= 0.3 is 5.69 Å². The monoisotopic (exact) mass is 607 g/mol. The van der Waals surface area contributed by atoms with Crippen molar-refractivity contribution in [3.05, 3.63) is 73.6 Å². The lowest BCUT2D eigenvalue weighted by Crippen LogP contribution is -2.51. The first-order valence-electron chi connectivity index (χ1n) is 18.1. The quantitative estimate of drug-likeness (QED) is 0.240. The maximum atomic E-state index is 13.5. The molecule has 3 saturated carbocycles. The van der Waals surface area contributed by atoms with E-state index in [1.807, 2.05) is 6.07 Å². The molecule has 7 rings (SSSR count). The van der Waals surface area contributed by atoms with E-state index in [0.29, 0.717) is 22.7 Å². The van der Waals surface area contributed by atoms with Gasteiger partial charge in [-0.25, -0.2) is 4.79 Å². The van der Waals surface area contributed by atoms with Gasteiger partial charge in [-0.15, -0.1) is 0 Å². The van der Waals surface area contributed by atoms with E-state index in [9.17, 15) is 9.59 Å². The van der Waals surface area contributed by atoms with Crippen LogP contribution in [0.15, 0.2) is 45.5 Å². The van der Waals surface area contributed by atoms with E-state index < -0.39 is 5.69 Å². The van der Waals surface area contributed by atoms with Gasteiger partial charge < -0.3 is 0 Å². The number of aryl methyl sites for hydroxylation is 1. The summed E-state index contributed by atoms with van der Waals surface area (Å²) in [7, 11) is 1.54. The van der Waals surface area contributed by atoms with Crippen LogP contribution in [0, 0.1) is 41.4 Å². The van der Waals surface area contributed by atoms with E-state index in [0.717, 1.165) is 52.1 Å². The maximum Gasteiger partial charge on any atom is 0.352 e. The van der Waals surface area contributed by atoms with Crippen LogP contribution < -0.4 is 11.2 Å². The summed E-state index contributed by atoms with van der Waals surface area (Å²) in [6.07, 6.45) is 21.2. The number of unbranched alkanes of at least 4 members (excludes halogenated alkanes) is 5. The normalized spacial score (nSPS) is 30.4. The Hall–Kier alpha value is -2.95. The van der Waals surface area contributed by atoms with Crippen molar-refractivity contribution in [3.63, 3.8) is 0 Å². The van der Waals surface area contributed by atoms with Gasteiger partial charge in [-0.1, -0.05) is 77.0 Å². The molecule has 45 heavy (non-hydrogen) atoms. The van der Waals surface area contributed by atoms with Gasteiger partial charge in [-0.2, -0.15) is 4.98 Å². The van der Waals surface area contributed by atoms with Crippen LogP contribution >= 0.6 is 0 Å². The minimum atomic E-state index is -0.501. The van der Waals surface area contributed by atoms with E-state index in [-0.39, 0.29) is 11.0 Å². The second-order valence-electron chi connectivity index (χ2n) is 15.8. The molecule has 5 nitrogen and oxygen atoms in total. The SMILES string of the molecule is CCCCCCCC[C@H]1CC[C@H]2[C@@H]3CCC4=Cc5c(cc6c(=O)n(C)c(=O)nc-6n5-c5cccc(C)c5)C[C@]4(C)[C@H]3CC[C@]12C. The smallest absolute Gasteiger partial charge is 0.294 e. The topological polar surface area (TPSA) is 56.9 Å². The lowest BCUT2D eigenvalue weighted by atomic mass is 9.46. The Morgan fingerprint density at radius 2 is 1.76 bits per heavy atom. The Kier molecular flexibility index (Phi) is 7.97. The van der Waals surface area contributed by atoms with Gasteiger partial charge in [-0.3, -0.25) is 13.9 Å². The fourth-order valence-corrected chi connectivity index (χ4v) is 10.8. The Labute approximate surface area is 269 Å². The lowest BCUT2D eigenvalue weighted by Gasteiger charge is -2.58. The van der Waals surface area contributed by atoms with E-state index >= 15 is 0 Å². The highest BCUT2D eigenvalue weighted by molar-refractivity contribution is 5.70. The molecule has 0 unspecified atom stereocenters. The van der Waals surface area contributed by atoms with Crippen molar-refractivity contribution in [3.8, 4) is 17.1 Å². The molecule has 0 spiro atoms. The van der Waals surface area contributed by atoms with Gasteiger partial charge in [-0.05, 0) is 128 Å². The van der Waals surface area contributed by atoms with Crippen LogP contribution in [0.1, 0.15) is 121 Å². The van der Waals surface area contributed by atoms with Gasteiger partial charge in [0.15, 0.2) is 5.82 Å². The third kappa shape index (κ3) is 4.99. The standard InChI is InChI=1S/C40H53N3O2/c1-6-7-8-9-10-11-14-28-17-19-33-31-18-16-29-24-35-27(25-40(29,4)34(31)20-21-39(28,33)3)23-32-36(41-38(45)42(5)37(32)44)43(35)30-15-12-13-26(2)22-30/h12-13,15,22-24,28,31,33-34H,6-11,14,16-21,25H2,1-5H3/t28-,31-,33-,34-,39+,40-/m0/s1. The zero-order chi connectivity index (χ0) is 31.5. The van der Waals surface area contributed by atoms with E-state index in [2.05, 4.69) is 67.6 Å². The Balaban J connectivity index is 1.22. The highest BCUT2D eigenvalue weighted by atomic mass is 16.2. The number of rotatable bonds is 8. The number of benzene rings is 1. The van der Waals surface area contributed by atoms with Crippen LogP contribution in [0.5, 0.6) is 0 Å². The molecule has 1 aromatic rings. The van der Waals surface area contributed by atoms with Crippen molar-refractivity contribution in [1.29, 1.82) is 0 Å². The summed E-state index contributed by atoms with van der Waals surface area (Å²) in [6.45, 7) is 9.61. The molecule has 0 radical (unpaired) electrons.